The summed E-state index contributed by atoms with van der Waals surface area (Å²) in [6.07, 6.45) is 5.13. The highest BCUT2D eigenvalue weighted by atomic mass is 16.6. The van der Waals surface area contributed by atoms with Gasteiger partial charge < -0.3 is 5.32 Å². The fraction of sp³-hybridized carbons (Fsp3) is 0.250. The van der Waals surface area contributed by atoms with Gasteiger partial charge in [0, 0.05) is 17.7 Å². The molecule has 1 aromatic carbocycles. The van der Waals surface area contributed by atoms with E-state index < -0.39 is 16.9 Å². The highest BCUT2D eigenvalue weighted by Gasteiger charge is 2.14. The third kappa shape index (κ3) is 3.31. The van der Waals surface area contributed by atoms with E-state index in [1.165, 1.54) is 12.1 Å². The molecule has 5 nitrogen and oxygen atoms in total. The predicted octanol–water partition coefficient (Wildman–Crippen LogP) is 1.65. The number of non-ortho nitro benzene ring substituents is 1. The number of nitrogens with zero attached hydrogens (tertiary/aromatic N) is 1. The van der Waals surface area contributed by atoms with Crippen LogP contribution in [0.25, 0.3) is 0 Å². The van der Waals surface area contributed by atoms with Crippen LogP contribution in [0.2, 0.25) is 0 Å². The fourth-order valence-electron chi connectivity index (χ4n) is 1.32. The van der Waals surface area contributed by atoms with Crippen molar-refractivity contribution < 1.29 is 9.72 Å². The van der Waals surface area contributed by atoms with Crippen LogP contribution in [0.4, 0.5) is 5.69 Å². The van der Waals surface area contributed by atoms with Gasteiger partial charge in [0.15, 0.2) is 0 Å². The molecule has 0 heterocycles. The van der Waals surface area contributed by atoms with E-state index >= 15 is 0 Å². The number of rotatable bonds is 3. The normalized spacial score (nSPS) is 11.4. The van der Waals surface area contributed by atoms with Crippen LogP contribution in [0.5, 0.6) is 0 Å². The third-order valence-corrected chi connectivity index (χ3v) is 2.13. The molecule has 88 valence electrons. The number of hydrogen-bond acceptors (Lipinski definition) is 3. The largest absolute Gasteiger partial charge is 0.339 e. The van der Waals surface area contributed by atoms with Crippen molar-refractivity contribution in [3.63, 3.8) is 0 Å². The second-order valence-electron chi connectivity index (χ2n) is 3.68. The topological polar surface area (TPSA) is 72.2 Å². The van der Waals surface area contributed by atoms with E-state index in [1.54, 1.807) is 19.9 Å². The summed E-state index contributed by atoms with van der Waals surface area (Å²) in [7, 11) is 0. The van der Waals surface area contributed by atoms with E-state index in [2.05, 4.69) is 11.2 Å². The molecule has 1 unspecified atom stereocenters. The molecule has 0 radical (unpaired) electrons. The lowest BCUT2D eigenvalue weighted by Crippen LogP contribution is -2.31. The van der Waals surface area contributed by atoms with E-state index in [0.717, 1.165) is 0 Å². The van der Waals surface area contributed by atoms with Gasteiger partial charge in [-0.1, -0.05) is 5.92 Å². The molecular formula is C12H12N2O3. The van der Waals surface area contributed by atoms with E-state index in [1.807, 2.05) is 0 Å². The summed E-state index contributed by atoms with van der Waals surface area (Å²) in [5.74, 6) is 1.94. The Bertz CT molecular complexity index is 503. The Hall–Kier alpha value is -2.35. The molecular weight excluding hydrogens is 220 g/mol. The highest BCUT2D eigenvalue weighted by Crippen LogP contribution is 2.16. The maximum absolute atomic E-state index is 11.7. The van der Waals surface area contributed by atoms with Crippen molar-refractivity contribution in [3.05, 3.63) is 39.4 Å². The molecule has 0 spiro atoms. The zero-order valence-corrected chi connectivity index (χ0v) is 9.56. The molecule has 0 saturated carbocycles. The minimum Gasteiger partial charge on any atom is -0.339 e. The lowest BCUT2D eigenvalue weighted by Gasteiger charge is -2.08. The van der Waals surface area contributed by atoms with Crippen molar-refractivity contribution in [1.82, 2.24) is 5.32 Å². The van der Waals surface area contributed by atoms with Crippen molar-refractivity contribution in [2.75, 3.05) is 0 Å². The molecule has 0 aromatic heterocycles. The summed E-state index contributed by atoms with van der Waals surface area (Å²) in [6.45, 7) is 3.34. The molecule has 1 aromatic rings. The first-order valence-electron chi connectivity index (χ1n) is 4.97. The molecule has 5 heteroatoms. The van der Waals surface area contributed by atoms with Gasteiger partial charge in [0.05, 0.1) is 11.0 Å². The number of aryl methyl sites for hydroxylation is 1. The molecule has 17 heavy (non-hydrogen) atoms. The zero-order valence-electron chi connectivity index (χ0n) is 9.56. The van der Waals surface area contributed by atoms with Crippen LogP contribution >= 0.6 is 0 Å². The number of carbonyl (C=O) groups is 1. The Morgan fingerprint density at radius 1 is 1.53 bits per heavy atom. The summed E-state index contributed by atoms with van der Waals surface area (Å²) in [5, 5.41) is 13.2. The minimum absolute atomic E-state index is 0.108. The maximum Gasteiger partial charge on any atom is 0.270 e. The smallest absolute Gasteiger partial charge is 0.270 e. The first kappa shape index (κ1) is 12.7. The summed E-state index contributed by atoms with van der Waals surface area (Å²) in [6, 6.07) is 3.79. The molecule has 1 atom stereocenters. The van der Waals surface area contributed by atoms with Gasteiger partial charge in [0.1, 0.15) is 0 Å². The Morgan fingerprint density at radius 2 is 2.18 bits per heavy atom. The fourth-order valence-corrected chi connectivity index (χ4v) is 1.32. The number of benzene rings is 1. The number of terminal acetylenes is 1. The van der Waals surface area contributed by atoms with Gasteiger partial charge in [0.25, 0.3) is 11.6 Å². The zero-order chi connectivity index (χ0) is 13.0. The number of carbonyl (C=O) groups excluding carboxylic acids is 1. The Labute approximate surface area is 99.0 Å². The molecule has 0 aliphatic carbocycles. The maximum atomic E-state index is 11.7. The Balaban J connectivity index is 3.02. The monoisotopic (exact) mass is 232 g/mol. The van der Waals surface area contributed by atoms with Gasteiger partial charge in [-0.25, -0.2) is 0 Å². The van der Waals surface area contributed by atoms with Gasteiger partial charge in [-0.3, -0.25) is 14.9 Å². The molecule has 1 N–H and O–H groups in total. The lowest BCUT2D eigenvalue weighted by molar-refractivity contribution is -0.384. The Morgan fingerprint density at radius 3 is 2.71 bits per heavy atom. The highest BCUT2D eigenvalue weighted by molar-refractivity contribution is 5.95. The average molecular weight is 232 g/mol. The average Bonchev–Trinajstić information content (AvgIpc) is 2.27. The summed E-state index contributed by atoms with van der Waals surface area (Å²) >= 11 is 0. The molecule has 1 rings (SSSR count). The first-order chi connectivity index (χ1) is 7.93. The van der Waals surface area contributed by atoms with Crippen molar-refractivity contribution in [2.45, 2.75) is 19.9 Å². The van der Waals surface area contributed by atoms with Crippen LogP contribution in [-0.4, -0.2) is 16.9 Å². The van der Waals surface area contributed by atoms with Gasteiger partial charge in [0.2, 0.25) is 0 Å². The van der Waals surface area contributed by atoms with E-state index in [0.29, 0.717) is 5.56 Å². The summed E-state index contributed by atoms with van der Waals surface area (Å²) < 4.78 is 0. The summed E-state index contributed by atoms with van der Waals surface area (Å²) in [5.41, 5.74) is 0.778. The molecule has 0 bridgehead atoms. The van der Waals surface area contributed by atoms with Crippen molar-refractivity contribution >= 4 is 11.6 Å². The molecule has 0 aliphatic rings. The van der Waals surface area contributed by atoms with Crippen LogP contribution in [0.1, 0.15) is 22.8 Å². The number of nitro groups is 1. The first-order valence-corrected chi connectivity index (χ1v) is 4.97. The van der Waals surface area contributed by atoms with Crippen molar-refractivity contribution in [2.24, 2.45) is 0 Å². The number of nitro benzene ring substituents is 1. The summed E-state index contributed by atoms with van der Waals surface area (Å²) in [4.78, 5) is 21.8. The van der Waals surface area contributed by atoms with Gasteiger partial charge >= 0.3 is 0 Å². The van der Waals surface area contributed by atoms with E-state index in [9.17, 15) is 14.9 Å². The number of hydrogen-bond donors (Lipinski definition) is 1. The third-order valence-electron chi connectivity index (χ3n) is 2.13. The van der Waals surface area contributed by atoms with Gasteiger partial charge in [-0.05, 0) is 25.5 Å². The van der Waals surface area contributed by atoms with Crippen LogP contribution in [0.15, 0.2) is 18.2 Å². The van der Waals surface area contributed by atoms with Crippen LogP contribution in [-0.2, 0) is 0 Å². The van der Waals surface area contributed by atoms with Gasteiger partial charge in [-0.15, -0.1) is 6.42 Å². The van der Waals surface area contributed by atoms with Crippen LogP contribution in [0, 0.1) is 29.4 Å². The van der Waals surface area contributed by atoms with Crippen LogP contribution in [0.3, 0.4) is 0 Å². The SMILES string of the molecule is C#CC(C)NC(=O)c1cc(C)cc([N+](=O)[O-])c1. The Kier molecular flexibility index (Phi) is 3.83. The number of amides is 1. The quantitative estimate of drug-likeness (QED) is 0.489. The standard InChI is InChI=1S/C12H12N2O3/c1-4-9(3)13-12(15)10-5-8(2)6-11(7-10)14(16)17/h1,5-7,9H,2-3H3,(H,13,15). The van der Waals surface area contributed by atoms with E-state index in [-0.39, 0.29) is 11.3 Å². The van der Waals surface area contributed by atoms with E-state index in [4.69, 9.17) is 6.42 Å². The second-order valence-corrected chi connectivity index (χ2v) is 3.68. The molecule has 1 amide bonds. The predicted molar refractivity (Wildman–Crippen MR) is 63.6 cm³/mol. The molecule has 0 saturated heterocycles. The second kappa shape index (κ2) is 5.12. The minimum atomic E-state index is -0.533. The van der Waals surface area contributed by atoms with Gasteiger partial charge in [-0.2, -0.15) is 0 Å². The number of nitrogens with one attached hydrogen (secondary N) is 1. The molecule has 0 fully saturated rings. The lowest BCUT2D eigenvalue weighted by atomic mass is 10.1. The van der Waals surface area contributed by atoms with Crippen LogP contribution < -0.4 is 5.32 Å². The molecule has 0 aliphatic heterocycles. The van der Waals surface area contributed by atoms with Crippen molar-refractivity contribution in [1.29, 1.82) is 0 Å². The van der Waals surface area contributed by atoms with Crippen molar-refractivity contribution in [3.8, 4) is 12.3 Å².